The van der Waals surface area contributed by atoms with Gasteiger partial charge < -0.3 is 10.2 Å². The monoisotopic (exact) mass is 482 g/mol. The van der Waals surface area contributed by atoms with Gasteiger partial charge in [-0.15, -0.1) is 0 Å². The summed E-state index contributed by atoms with van der Waals surface area (Å²) in [5, 5.41) is 4.63. The zero-order chi connectivity index (χ0) is 24.7. The third-order valence-electron chi connectivity index (χ3n) is 5.50. The molecule has 6 nitrogen and oxygen atoms in total. The maximum atomic E-state index is 13.2. The Morgan fingerprint density at radius 3 is 2.41 bits per heavy atom. The smallest absolute Gasteiger partial charge is 0.273 e. The van der Waals surface area contributed by atoms with Crippen LogP contribution in [-0.2, 0) is 0 Å². The van der Waals surface area contributed by atoms with Crippen molar-refractivity contribution in [3.05, 3.63) is 53.6 Å². The molecule has 1 aliphatic rings. The van der Waals surface area contributed by atoms with E-state index < -0.39 is 0 Å². The zero-order valence-corrected chi connectivity index (χ0v) is 21.9. The van der Waals surface area contributed by atoms with Crippen molar-refractivity contribution in [3.8, 4) is 0 Å². The molecule has 0 aromatic heterocycles. The molecular weight excluding hydrogens is 444 g/mol. The second-order valence-corrected chi connectivity index (χ2v) is 10.7. The SMILES string of the molecule is CCNN1C(=O)c2ccccc2Sc2ccc(C(=O)NCCCN(CC(C)C)CC(C)C)cc21. The average molecular weight is 483 g/mol. The summed E-state index contributed by atoms with van der Waals surface area (Å²) in [7, 11) is 0. The van der Waals surface area contributed by atoms with Gasteiger partial charge in [-0.25, -0.2) is 10.4 Å². The number of hydrogen-bond acceptors (Lipinski definition) is 5. The quantitative estimate of drug-likeness (QED) is 0.439. The number of carbonyl (C=O) groups is 2. The number of rotatable bonds is 11. The molecule has 0 aliphatic carbocycles. The van der Waals surface area contributed by atoms with Gasteiger partial charge in [0.1, 0.15) is 0 Å². The fraction of sp³-hybridized carbons (Fsp3) is 0.481. The predicted octanol–water partition coefficient (Wildman–Crippen LogP) is 5.06. The van der Waals surface area contributed by atoms with E-state index in [0.717, 1.165) is 35.8 Å². The Bertz CT molecular complexity index is 982. The Morgan fingerprint density at radius 1 is 1.03 bits per heavy atom. The molecule has 184 valence electrons. The van der Waals surface area contributed by atoms with Crippen molar-refractivity contribution in [2.45, 2.75) is 50.8 Å². The Balaban J connectivity index is 1.68. The molecule has 0 atom stereocenters. The van der Waals surface area contributed by atoms with Crippen LogP contribution in [0.4, 0.5) is 5.69 Å². The number of benzene rings is 2. The van der Waals surface area contributed by atoms with E-state index in [1.165, 1.54) is 0 Å². The minimum atomic E-state index is -0.114. The van der Waals surface area contributed by atoms with Gasteiger partial charge in [0.2, 0.25) is 0 Å². The van der Waals surface area contributed by atoms with Crippen LogP contribution in [0.5, 0.6) is 0 Å². The number of fused-ring (bicyclic) bond motifs is 2. The van der Waals surface area contributed by atoms with Crippen molar-refractivity contribution >= 4 is 29.3 Å². The summed E-state index contributed by atoms with van der Waals surface area (Å²) in [6, 6.07) is 13.2. The molecule has 1 heterocycles. The third-order valence-corrected chi connectivity index (χ3v) is 6.64. The minimum Gasteiger partial charge on any atom is -0.352 e. The summed E-state index contributed by atoms with van der Waals surface area (Å²) in [6.45, 7) is 15.3. The van der Waals surface area contributed by atoms with E-state index in [1.807, 2.05) is 49.4 Å². The van der Waals surface area contributed by atoms with Gasteiger partial charge in [-0.05, 0) is 55.1 Å². The normalized spacial score (nSPS) is 13.3. The number of amides is 2. The Morgan fingerprint density at radius 2 is 1.74 bits per heavy atom. The first-order chi connectivity index (χ1) is 16.3. The van der Waals surface area contributed by atoms with E-state index in [2.05, 4.69) is 43.3 Å². The first kappa shape index (κ1) is 26.3. The van der Waals surface area contributed by atoms with Crippen LogP contribution >= 0.6 is 11.8 Å². The molecule has 2 aromatic rings. The molecule has 1 aliphatic heterocycles. The Kier molecular flexibility index (Phi) is 9.56. The van der Waals surface area contributed by atoms with Gasteiger partial charge in [0.15, 0.2) is 0 Å². The zero-order valence-electron chi connectivity index (χ0n) is 21.1. The molecule has 2 amide bonds. The van der Waals surface area contributed by atoms with Crippen LogP contribution in [0.15, 0.2) is 52.3 Å². The molecule has 2 aromatic carbocycles. The van der Waals surface area contributed by atoms with Crippen molar-refractivity contribution in [1.29, 1.82) is 0 Å². The van der Waals surface area contributed by atoms with E-state index in [9.17, 15) is 9.59 Å². The largest absolute Gasteiger partial charge is 0.352 e. The average Bonchev–Trinajstić information content (AvgIpc) is 2.90. The highest BCUT2D eigenvalue weighted by Gasteiger charge is 2.27. The summed E-state index contributed by atoms with van der Waals surface area (Å²) >= 11 is 1.55. The van der Waals surface area contributed by atoms with Gasteiger partial charge in [-0.3, -0.25) is 9.59 Å². The van der Waals surface area contributed by atoms with Gasteiger partial charge in [-0.1, -0.05) is 58.5 Å². The summed E-state index contributed by atoms with van der Waals surface area (Å²) < 4.78 is 0. The van der Waals surface area contributed by atoms with Gasteiger partial charge in [0.05, 0.1) is 11.3 Å². The highest BCUT2D eigenvalue weighted by molar-refractivity contribution is 7.99. The summed E-state index contributed by atoms with van der Waals surface area (Å²) in [4.78, 5) is 30.5. The van der Waals surface area contributed by atoms with E-state index >= 15 is 0 Å². The van der Waals surface area contributed by atoms with Crippen molar-refractivity contribution in [2.24, 2.45) is 11.8 Å². The van der Waals surface area contributed by atoms with Crippen LogP contribution in [-0.4, -0.2) is 49.4 Å². The van der Waals surface area contributed by atoms with E-state index in [1.54, 1.807) is 16.8 Å². The molecule has 0 saturated carbocycles. The number of nitrogens with zero attached hydrogens (tertiary/aromatic N) is 2. The molecule has 3 rings (SSSR count). The second-order valence-electron chi connectivity index (χ2n) is 9.59. The molecular formula is C27H38N4O2S. The van der Waals surface area contributed by atoms with Crippen molar-refractivity contribution in [1.82, 2.24) is 15.6 Å². The van der Waals surface area contributed by atoms with E-state index in [0.29, 0.717) is 41.7 Å². The van der Waals surface area contributed by atoms with Gasteiger partial charge in [0.25, 0.3) is 11.8 Å². The lowest BCUT2D eigenvalue weighted by Crippen LogP contribution is -2.43. The maximum Gasteiger partial charge on any atom is 0.273 e. The first-order valence-corrected chi connectivity index (χ1v) is 13.1. The second kappa shape index (κ2) is 12.4. The van der Waals surface area contributed by atoms with Crippen LogP contribution in [0.2, 0.25) is 0 Å². The molecule has 0 bridgehead atoms. The van der Waals surface area contributed by atoms with Crippen LogP contribution in [0.3, 0.4) is 0 Å². The molecule has 2 N–H and O–H groups in total. The molecule has 0 radical (unpaired) electrons. The van der Waals surface area contributed by atoms with E-state index in [-0.39, 0.29) is 11.8 Å². The fourth-order valence-corrected chi connectivity index (χ4v) is 5.25. The van der Waals surface area contributed by atoms with Gasteiger partial charge in [0, 0.05) is 41.5 Å². The molecule has 0 unspecified atom stereocenters. The highest BCUT2D eigenvalue weighted by Crippen LogP contribution is 2.41. The fourth-order valence-electron chi connectivity index (χ4n) is 4.21. The number of carbonyl (C=O) groups excluding carboxylic acids is 2. The molecule has 0 saturated heterocycles. The minimum absolute atomic E-state index is 0.113. The standard InChI is InChI=1S/C27H38N4O2S/c1-6-29-31-23-16-21(12-13-25(23)34-24-11-8-7-10-22(24)27(31)33)26(32)28-14-9-15-30(17-19(2)3)18-20(4)5/h7-8,10-13,16,19-20,29H,6,9,14-15,17-18H2,1-5H3,(H,28,32). The van der Waals surface area contributed by atoms with Crippen molar-refractivity contribution in [3.63, 3.8) is 0 Å². The van der Waals surface area contributed by atoms with Crippen molar-refractivity contribution < 1.29 is 9.59 Å². The lowest BCUT2D eigenvalue weighted by molar-refractivity contribution is 0.0946. The third kappa shape index (κ3) is 6.84. The molecule has 0 spiro atoms. The first-order valence-electron chi connectivity index (χ1n) is 12.3. The highest BCUT2D eigenvalue weighted by atomic mass is 32.2. The summed E-state index contributed by atoms with van der Waals surface area (Å²) in [5.74, 6) is 1.02. The van der Waals surface area contributed by atoms with Crippen LogP contribution in [0, 0.1) is 11.8 Å². The van der Waals surface area contributed by atoms with Gasteiger partial charge >= 0.3 is 0 Å². The lowest BCUT2D eigenvalue weighted by atomic mass is 10.1. The Hall–Kier alpha value is -2.35. The number of anilines is 1. The topological polar surface area (TPSA) is 64.7 Å². The van der Waals surface area contributed by atoms with E-state index in [4.69, 9.17) is 0 Å². The number of nitrogens with one attached hydrogen (secondary N) is 2. The number of hydrazine groups is 1. The van der Waals surface area contributed by atoms with Crippen molar-refractivity contribution in [2.75, 3.05) is 37.7 Å². The maximum absolute atomic E-state index is 13.2. The Labute approximate surface area is 208 Å². The lowest BCUT2D eigenvalue weighted by Gasteiger charge is -2.26. The summed E-state index contributed by atoms with van der Waals surface area (Å²) in [6.07, 6.45) is 0.906. The molecule has 0 fully saturated rings. The number of hydrogen-bond donors (Lipinski definition) is 2. The molecule has 34 heavy (non-hydrogen) atoms. The van der Waals surface area contributed by atoms with Crippen LogP contribution in [0.25, 0.3) is 0 Å². The van der Waals surface area contributed by atoms with Crippen LogP contribution in [0.1, 0.15) is 61.8 Å². The summed E-state index contributed by atoms with van der Waals surface area (Å²) in [5.41, 5.74) is 5.09. The molecule has 7 heteroatoms. The predicted molar refractivity (Wildman–Crippen MR) is 141 cm³/mol. The van der Waals surface area contributed by atoms with Gasteiger partial charge in [-0.2, -0.15) is 0 Å². The van der Waals surface area contributed by atoms with Crippen LogP contribution < -0.4 is 15.8 Å².